The fraction of sp³-hybridized carbons (Fsp3) is 0.389. The first-order valence-electron chi connectivity index (χ1n) is 8.43. The Morgan fingerprint density at radius 1 is 1.20 bits per heavy atom. The highest BCUT2D eigenvalue weighted by Gasteiger charge is 2.18. The number of rotatable bonds is 5. The van der Waals surface area contributed by atoms with E-state index in [4.69, 9.17) is 0 Å². The highest BCUT2D eigenvalue weighted by molar-refractivity contribution is 5.94. The van der Waals surface area contributed by atoms with E-state index in [1.807, 2.05) is 4.57 Å². The van der Waals surface area contributed by atoms with Crippen LogP contribution in [0.2, 0.25) is 0 Å². The molecule has 7 heteroatoms. The molecule has 2 aromatic rings. The van der Waals surface area contributed by atoms with Gasteiger partial charge in [0.1, 0.15) is 17.3 Å². The molecule has 1 aromatic carbocycles. The molecular formula is C18H21FN4O2. The van der Waals surface area contributed by atoms with Crippen molar-refractivity contribution in [1.82, 2.24) is 20.2 Å². The van der Waals surface area contributed by atoms with E-state index in [0.717, 1.165) is 31.6 Å². The Bertz CT molecular complexity index is 800. The number of aromatic nitrogens is 2. The Morgan fingerprint density at radius 3 is 2.72 bits per heavy atom. The van der Waals surface area contributed by atoms with Gasteiger partial charge in [0, 0.05) is 31.6 Å². The van der Waals surface area contributed by atoms with Crippen molar-refractivity contribution in [2.75, 3.05) is 13.1 Å². The maximum absolute atomic E-state index is 13.5. The number of hydrogen-bond donors (Lipinski definition) is 2. The number of halogens is 1. The van der Waals surface area contributed by atoms with E-state index >= 15 is 0 Å². The summed E-state index contributed by atoms with van der Waals surface area (Å²) in [6, 6.07) is 4.35. The third-order valence-electron chi connectivity index (χ3n) is 4.33. The van der Waals surface area contributed by atoms with Gasteiger partial charge in [0.2, 0.25) is 0 Å². The quantitative estimate of drug-likeness (QED) is 0.813. The Morgan fingerprint density at radius 2 is 1.96 bits per heavy atom. The molecule has 0 fully saturated rings. The minimum Gasteiger partial charge on any atom is -0.350 e. The number of aryl methyl sites for hydroxylation is 2. The van der Waals surface area contributed by atoms with Gasteiger partial charge >= 0.3 is 0 Å². The van der Waals surface area contributed by atoms with Gasteiger partial charge in [0.25, 0.3) is 11.8 Å². The van der Waals surface area contributed by atoms with E-state index in [9.17, 15) is 14.0 Å². The van der Waals surface area contributed by atoms with Crippen molar-refractivity contribution in [3.63, 3.8) is 0 Å². The highest BCUT2D eigenvalue weighted by Crippen LogP contribution is 2.15. The van der Waals surface area contributed by atoms with Crippen LogP contribution in [-0.4, -0.2) is 34.5 Å². The molecule has 2 heterocycles. The molecule has 132 valence electrons. The fourth-order valence-corrected chi connectivity index (χ4v) is 2.88. The van der Waals surface area contributed by atoms with Crippen molar-refractivity contribution in [2.24, 2.45) is 0 Å². The standard InChI is InChI=1S/C18H21FN4O2/c1-12-5-6-13(10-14(12)19)17(24)20-7-8-21-18(25)15-11-22-16-4-2-3-9-23(15)16/h5-6,10-11H,2-4,7-9H2,1H3,(H,20,24)(H,21,25). The summed E-state index contributed by atoms with van der Waals surface area (Å²) in [5.41, 5.74) is 1.31. The van der Waals surface area contributed by atoms with Crippen LogP contribution in [0.1, 0.15) is 45.1 Å². The van der Waals surface area contributed by atoms with Gasteiger partial charge in [-0.2, -0.15) is 0 Å². The second-order valence-electron chi connectivity index (χ2n) is 6.14. The van der Waals surface area contributed by atoms with Gasteiger partial charge in [-0.3, -0.25) is 9.59 Å². The van der Waals surface area contributed by atoms with Gasteiger partial charge < -0.3 is 15.2 Å². The average Bonchev–Trinajstić information content (AvgIpc) is 3.05. The molecule has 0 radical (unpaired) electrons. The van der Waals surface area contributed by atoms with Crippen molar-refractivity contribution in [3.8, 4) is 0 Å². The first-order chi connectivity index (χ1) is 12.1. The monoisotopic (exact) mass is 344 g/mol. The molecule has 0 saturated carbocycles. The van der Waals surface area contributed by atoms with Crippen molar-refractivity contribution in [3.05, 3.63) is 52.9 Å². The Balaban J connectivity index is 1.48. The van der Waals surface area contributed by atoms with Crippen LogP contribution in [0.25, 0.3) is 0 Å². The van der Waals surface area contributed by atoms with Crippen LogP contribution in [0.3, 0.4) is 0 Å². The van der Waals surface area contributed by atoms with Crippen LogP contribution in [0, 0.1) is 12.7 Å². The van der Waals surface area contributed by atoms with Gasteiger partial charge in [-0.15, -0.1) is 0 Å². The predicted molar refractivity (Wildman–Crippen MR) is 91.0 cm³/mol. The third-order valence-corrected chi connectivity index (χ3v) is 4.33. The lowest BCUT2D eigenvalue weighted by Crippen LogP contribution is -2.35. The first-order valence-corrected chi connectivity index (χ1v) is 8.43. The molecule has 0 bridgehead atoms. The van der Waals surface area contributed by atoms with Gasteiger partial charge in [-0.1, -0.05) is 6.07 Å². The number of nitrogens with zero attached hydrogens (tertiary/aromatic N) is 2. The van der Waals surface area contributed by atoms with Crippen molar-refractivity contribution < 1.29 is 14.0 Å². The number of fused-ring (bicyclic) bond motifs is 1. The maximum Gasteiger partial charge on any atom is 0.269 e. The first kappa shape index (κ1) is 17.1. The lowest BCUT2D eigenvalue weighted by atomic mass is 10.1. The number of imidazole rings is 1. The zero-order valence-corrected chi connectivity index (χ0v) is 14.1. The smallest absolute Gasteiger partial charge is 0.269 e. The van der Waals surface area contributed by atoms with E-state index in [-0.39, 0.29) is 23.9 Å². The highest BCUT2D eigenvalue weighted by atomic mass is 19.1. The Labute approximate surface area is 145 Å². The van der Waals surface area contributed by atoms with Crippen LogP contribution in [0.5, 0.6) is 0 Å². The van der Waals surface area contributed by atoms with Gasteiger partial charge in [-0.25, -0.2) is 9.37 Å². The third kappa shape index (κ3) is 3.87. The summed E-state index contributed by atoms with van der Waals surface area (Å²) in [5.74, 6) is -0.0243. The Kier molecular flexibility index (Phi) is 5.11. The van der Waals surface area contributed by atoms with Gasteiger partial charge in [-0.05, 0) is 37.5 Å². The zero-order valence-electron chi connectivity index (χ0n) is 14.1. The lowest BCUT2D eigenvalue weighted by molar-refractivity contribution is 0.0922. The molecular weight excluding hydrogens is 323 g/mol. The molecule has 0 unspecified atom stereocenters. The molecule has 0 aliphatic carbocycles. The van der Waals surface area contributed by atoms with E-state index in [1.165, 1.54) is 6.07 Å². The molecule has 1 aromatic heterocycles. The molecule has 25 heavy (non-hydrogen) atoms. The van der Waals surface area contributed by atoms with E-state index in [0.29, 0.717) is 17.8 Å². The summed E-state index contributed by atoms with van der Waals surface area (Å²) in [4.78, 5) is 28.5. The molecule has 0 saturated heterocycles. The molecule has 0 spiro atoms. The summed E-state index contributed by atoms with van der Waals surface area (Å²) in [6.07, 6.45) is 4.65. The largest absolute Gasteiger partial charge is 0.350 e. The molecule has 1 aliphatic rings. The van der Waals surface area contributed by atoms with Crippen LogP contribution >= 0.6 is 0 Å². The fourth-order valence-electron chi connectivity index (χ4n) is 2.88. The molecule has 2 N–H and O–H groups in total. The maximum atomic E-state index is 13.5. The summed E-state index contributed by atoms with van der Waals surface area (Å²) in [5, 5.41) is 5.44. The van der Waals surface area contributed by atoms with Gasteiger partial charge in [0.15, 0.2) is 0 Å². The Hall–Kier alpha value is -2.70. The van der Waals surface area contributed by atoms with Crippen LogP contribution in [0.15, 0.2) is 24.4 Å². The number of benzene rings is 1. The number of hydrogen-bond acceptors (Lipinski definition) is 3. The minimum atomic E-state index is -0.411. The van der Waals surface area contributed by atoms with E-state index < -0.39 is 5.82 Å². The average molecular weight is 344 g/mol. The molecule has 2 amide bonds. The van der Waals surface area contributed by atoms with Crippen molar-refractivity contribution >= 4 is 11.8 Å². The number of carbonyl (C=O) groups excluding carboxylic acids is 2. The lowest BCUT2D eigenvalue weighted by Gasteiger charge is -2.16. The summed E-state index contributed by atoms with van der Waals surface area (Å²) < 4.78 is 15.4. The topological polar surface area (TPSA) is 76.0 Å². The second kappa shape index (κ2) is 7.46. The van der Waals surface area contributed by atoms with E-state index in [1.54, 1.807) is 25.3 Å². The predicted octanol–water partition coefficient (Wildman–Crippen LogP) is 1.83. The van der Waals surface area contributed by atoms with E-state index in [2.05, 4.69) is 15.6 Å². The summed E-state index contributed by atoms with van der Waals surface area (Å²) in [6.45, 7) is 3.01. The van der Waals surface area contributed by atoms with Crippen LogP contribution in [0.4, 0.5) is 4.39 Å². The molecule has 6 nitrogen and oxygen atoms in total. The summed E-state index contributed by atoms with van der Waals surface area (Å²) in [7, 11) is 0. The second-order valence-corrected chi connectivity index (χ2v) is 6.14. The molecule has 3 rings (SSSR count). The molecule has 1 aliphatic heterocycles. The van der Waals surface area contributed by atoms with Crippen molar-refractivity contribution in [1.29, 1.82) is 0 Å². The minimum absolute atomic E-state index is 0.198. The zero-order chi connectivity index (χ0) is 17.8. The van der Waals surface area contributed by atoms with Gasteiger partial charge in [0.05, 0.1) is 6.20 Å². The number of nitrogens with one attached hydrogen (secondary N) is 2. The molecule has 0 atom stereocenters. The van der Waals surface area contributed by atoms with Crippen LogP contribution in [-0.2, 0) is 13.0 Å². The van der Waals surface area contributed by atoms with Crippen LogP contribution < -0.4 is 10.6 Å². The number of carbonyl (C=O) groups is 2. The SMILES string of the molecule is Cc1ccc(C(=O)NCCNC(=O)c2cnc3n2CCCC3)cc1F. The summed E-state index contributed by atoms with van der Waals surface area (Å²) >= 11 is 0. The number of amides is 2. The van der Waals surface area contributed by atoms with Crippen molar-refractivity contribution in [2.45, 2.75) is 32.7 Å². The normalized spacial score (nSPS) is 13.2.